The lowest BCUT2D eigenvalue weighted by Crippen LogP contribution is -2.36. The van der Waals surface area contributed by atoms with Crippen LogP contribution in [0.5, 0.6) is 0 Å². The zero-order valence-corrected chi connectivity index (χ0v) is 8.61. The van der Waals surface area contributed by atoms with E-state index in [0.29, 0.717) is 17.3 Å². The predicted molar refractivity (Wildman–Crippen MR) is 54.0 cm³/mol. The van der Waals surface area contributed by atoms with E-state index in [1.54, 1.807) is 0 Å². The zero-order chi connectivity index (χ0) is 10.2. The number of ketones is 2. The SMILES string of the molecule is O=C1C=CC(=O)C2C1C1CCC2C12CC2. The second-order valence-corrected chi connectivity index (χ2v) is 5.71. The van der Waals surface area contributed by atoms with Gasteiger partial charge in [-0.25, -0.2) is 0 Å². The van der Waals surface area contributed by atoms with Crippen LogP contribution in [0.1, 0.15) is 25.7 Å². The molecule has 4 aliphatic rings. The number of hydrogen-bond donors (Lipinski definition) is 0. The van der Waals surface area contributed by atoms with Crippen molar-refractivity contribution in [2.24, 2.45) is 29.1 Å². The second kappa shape index (κ2) is 2.26. The van der Waals surface area contributed by atoms with E-state index in [1.165, 1.54) is 37.8 Å². The fourth-order valence-electron chi connectivity index (χ4n) is 4.81. The maximum atomic E-state index is 11.9. The Morgan fingerprint density at radius 2 is 1.40 bits per heavy atom. The molecule has 3 saturated carbocycles. The molecule has 2 nitrogen and oxygen atoms in total. The first kappa shape index (κ1) is 8.26. The Kier molecular flexibility index (Phi) is 1.24. The molecule has 0 aromatic rings. The van der Waals surface area contributed by atoms with Gasteiger partial charge in [0.2, 0.25) is 0 Å². The molecular weight excluding hydrogens is 188 g/mol. The van der Waals surface area contributed by atoms with Gasteiger partial charge in [-0.2, -0.15) is 0 Å². The number of fused-ring (bicyclic) bond motifs is 3. The van der Waals surface area contributed by atoms with Crippen molar-refractivity contribution in [3.05, 3.63) is 12.2 Å². The Morgan fingerprint density at radius 3 is 1.80 bits per heavy atom. The van der Waals surface area contributed by atoms with Gasteiger partial charge in [-0.1, -0.05) is 0 Å². The normalized spacial score (nSPS) is 48.8. The van der Waals surface area contributed by atoms with E-state index in [0.717, 1.165) is 0 Å². The Bertz CT molecular complexity index is 369. The second-order valence-electron chi connectivity index (χ2n) is 5.71. The summed E-state index contributed by atoms with van der Waals surface area (Å²) in [7, 11) is 0. The standard InChI is InChI=1S/C13H14O2/c14-9-3-4-10(15)12-8-2-1-7(11(9)12)13(8)5-6-13/h3-4,7-8,11-12H,1-2,5-6H2. The van der Waals surface area contributed by atoms with Crippen LogP contribution in [0.4, 0.5) is 0 Å². The van der Waals surface area contributed by atoms with Crippen LogP contribution in [-0.2, 0) is 9.59 Å². The largest absolute Gasteiger partial charge is 0.295 e. The Hall–Kier alpha value is -0.920. The summed E-state index contributed by atoms with van der Waals surface area (Å²) >= 11 is 0. The van der Waals surface area contributed by atoms with Gasteiger partial charge in [0.05, 0.1) is 0 Å². The van der Waals surface area contributed by atoms with Gasteiger partial charge in [-0.3, -0.25) is 9.59 Å². The molecule has 0 aromatic heterocycles. The highest BCUT2D eigenvalue weighted by Crippen LogP contribution is 2.75. The number of carbonyl (C=O) groups excluding carboxylic acids is 2. The third kappa shape index (κ3) is 0.756. The monoisotopic (exact) mass is 202 g/mol. The molecule has 0 saturated heterocycles. The van der Waals surface area contributed by atoms with Crippen LogP contribution in [0.3, 0.4) is 0 Å². The lowest BCUT2D eigenvalue weighted by Gasteiger charge is -2.29. The number of hydrogen-bond acceptors (Lipinski definition) is 2. The topological polar surface area (TPSA) is 34.1 Å². The molecule has 0 amide bonds. The van der Waals surface area contributed by atoms with Crippen LogP contribution in [0.2, 0.25) is 0 Å². The average Bonchev–Trinajstić information content (AvgIpc) is 2.88. The van der Waals surface area contributed by atoms with Crippen LogP contribution >= 0.6 is 0 Å². The lowest BCUT2D eigenvalue weighted by molar-refractivity contribution is -0.131. The van der Waals surface area contributed by atoms with Crippen LogP contribution in [0.15, 0.2) is 12.2 Å². The molecule has 0 radical (unpaired) electrons. The fourth-order valence-corrected chi connectivity index (χ4v) is 4.81. The molecule has 4 unspecified atom stereocenters. The molecule has 78 valence electrons. The summed E-state index contributed by atoms with van der Waals surface area (Å²) in [6.45, 7) is 0. The molecule has 0 heterocycles. The van der Waals surface area contributed by atoms with E-state index in [1.807, 2.05) is 0 Å². The molecule has 1 spiro atoms. The number of carbonyl (C=O) groups is 2. The molecule has 4 rings (SSSR count). The third-order valence-corrected chi connectivity index (χ3v) is 5.42. The average molecular weight is 202 g/mol. The summed E-state index contributed by atoms with van der Waals surface area (Å²) < 4.78 is 0. The minimum absolute atomic E-state index is 0.0729. The van der Waals surface area contributed by atoms with Crippen molar-refractivity contribution in [2.75, 3.05) is 0 Å². The molecule has 2 bridgehead atoms. The maximum absolute atomic E-state index is 11.9. The summed E-state index contributed by atoms with van der Waals surface area (Å²) in [6.07, 6.45) is 7.99. The van der Waals surface area contributed by atoms with E-state index in [2.05, 4.69) is 0 Å². The van der Waals surface area contributed by atoms with Crippen LogP contribution < -0.4 is 0 Å². The van der Waals surface area contributed by atoms with Gasteiger partial charge in [0.25, 0.3) is 0 Å². The van der Waals surface area contributed by atoms with E-state index >= 15 is 0 Å². The van der Waals surface area contributed by atoms with Gasteiger partial charge in [0.15, 0.2) is 11.6 Å². The van der Waals surface area contributed by atoms with E-state index in [-0.39, 0.29) is 23.4 Å². The summed E-state index contributed by atoms with van der Waals surface area (Å²) in [5, 5.41) is 0. The predicted octanol–water partition coefficient (Wildman–Crippen LogP) is 1.75. The van der Waals surface area contributed by atoms with Crippen molar-refractivity contribution < 1.29 is 9.59 Å². The minimum Gasteiger partial charge on any atom is -0.295 e. The molecule has 0 aromatic carbocycles. The van der Waals surface area contributed by atoms with E-state index in [4.69, 9.17) is 0 Å². The first-order valence-corrected chi connectivity index (χ1v) is 6.00. The summed E-state index contributed by atoms with van der Waals surface area (Å²) in [6, 6.07) is 0. The molecule has 0 N–H and O–H groups in total. The van der Waals surface area contributed by atoms with Crippen molar-refractivity contribution in [1.82, 2.24) is 0 Å². The molecule has 4 aliphatic carbocycles. The van der Waals surface area contributed by atoms with Crippen molar-refractivity contribution in [2.45, 2.75) is 25.7 Å². The summed E-state index contributed by atoms with van der Waals surface area (Å²) in [5.41, 5.74) is 0.437. The van der Waals surface area contributed by atoms with Crippen molar-refractivity contribution in [1.29, 1.82) is 0 Å². The Balaban J connectivity index is 1.86. The van der Waals surface area contributed by atoms with Crippen LogP contribution in [-0.4, -0.2) is 11.6 Å². The molecular formula is C13H14O2. The lowest BCUT2D eigenvalue weighted by atomic mass is 9.72. The van der Waals surface area contributed by atoms with Gasteiger partial charge in [-0.15, -0.1) is 0 Å². The molecule has 2 heteroatoms. The van der Waals surface area contributed by atoms with Gasteiger partial charge in [0, 0.05) is 11.8 Å². The Morgan fingerprint density at radius 1 is 0.933 bits per heavy atom. The van der Waals surface area contributed by atoms with E-state index in [9.17, 15) is 9.59 Å². The highest BCUT2D eigenvalue weighted by atomic mass is 16.1. The third-order valence-electron chi connectivity index (χ3n) is 5.42. The van der Waals surface area contributed by atoms with Crippen LogP contribution in [0, 0.1) is 29.1 Å². The fraction of sp³-hybridized carbons (Fsp3) is 0.692. The van der Waals surface area contributed by atoms with Crippen molar-refractivity contribution in [3.8, 4) is 0 Å². The molecule has 4 atom stereocenters. The van der Waals surface area contributed by atoms with Gasteiger partial charge in [0.1, 0.15) is 0 Å². The van der Waals surface area contributed by atoms with Gasteiger partial charge < -0.3 is 0 Å². The Labute approximate surface area is 88.7 Å². The van der Waals surface area contributed by atoms with Crippen LogP contribution in [0.25, 0.3) is 0 Å². The van der Waals surface area contributed by atoms with Crippen molar-refractivity contribution in [3.63, 3.8) is 0 Å². The minimum atomic E-state index is 0.0729. The molecule has 0 aliphatic heterocycles. The molecule has 15 heavy (non-hydrogen) atoms. The highest BCUT2D eigenvalue weighted by Gasteiger charge is 2.71. The summed E-state index contributed by atoms with van der Waals surface area (Å²) in [4.78, 5) is 23.8. The first-order chi connectivity index (χ1) is 7.24. The number of rotatable bonds is 0. The van der Waals surface area contributed by atoms with E-state index < -0.39 is 0 Å². The maximum Gasteiger partial charge on any atom is 0.159 e. The highest BCUT2D eigenvalue weighted by molar-refractivity contribution is 6.08. The number of allylic oxidation sites excluding steroid dienone is 2. The zero-order valence-electron chi connectivity index (χ0n) is 8.61. The molecule has 3 fully saturated rings. The van der Waals surface area contributed by atoms with Gasteiger partial charge in [-0.05, 0) is 55.1 Å². The van der Waals surface area contributed by atoms with Gasteiger partial charge >= 0.3 is 0 Å². The first-order valence-electron chi connectivity index (χ1n) is 6.00. The quantitative estimate of drug-likeness (QED) is 0.599. The smallest absolute Gasteiger partial charge is 0.159 e. The summed E-state index contributed by atoms with van der Waals surface area (Å²) in [5.74, 6) is 1.71. The van der Waals surface area contributed by atoms with Crippen molar-refractivity contribution >= 4 is 11.6 Å².